The van der Waals surface area contributed by atoms with Gasteiger partial charge in [0.05, 0.1) is 5.41 Å². The summed E-state index contributed by atoms with van der Waals surface area (Å²) in [5, 5.41) is 0. The molecule has 1 spiro atoms. The van der Waals surface area contributed by atoms with E-state index in [9.17, 15) is 0 Å². The van der Waals surface area contributed by atoms with Crippen molar-refractivity contribution in [1.29, 1.82) is 0 Å². The van der Waals surface area contributed by atoms with Gasteiger partial charge in [0.25, 0.3) is 0 Å². The molecule has 53 heavy (non-hydrogen) atoms. The Hall–Kier alpha value is -6.44. The summed E-state index contributed by atoms with van der Waals surface area (Å²) in [6.45, 7) is 0. The lowest BCUT2D eigenvalue weighted by atomic mass is 9.70. The second-order valence-corrected chi connectivity index (χ2v) is 14.7. The molecule has 3 aliphatic rings. The normalized spacial score (nSPS) is 14.2. The third-order valence-electron chi connectivity index (χ3n) is 12.1. The van der Waals surface area contributed by atoms with E-state index in [-0.39, 0.29) is 11.3 Å². The number of hydrogen-bond acceptors (Lipinski definition) is 1. The quantitative estimate of drug-likeness (QED) is 0.175. The predicted octanol–water partition coefficient (Wildman–Crippen LogP) is 13.2. The maximum atomic E-state index is 2.55. The van der Waals surface area contributed by atoms with Crippen molar-refractivity contribution in [3.8, 4) is 33.4 Å². The Kier molecular flexibility index (Phi) is 6.73. The first-order chi connectivity index (χ1) is 26.3. The minimum atomic E-state index is -0.310. The second kappa shape index (κ2) is 11.8. The summed E-state index contributed by atoms with van der Waals surface area (Å²) in [5.74, 6) is 0.287. The Morgan fingerprint density at radius 3 is 1.45 bits per heavy atom. The van der Waals surface area contributed by atoms with Crippen LogP contribution in [0.2, 0.25) is 0 Å². The van der Waals surface area contributed by atoms with Crippen LogP contribution in [0.4, 0.5) is 17.1 Å². The van der Waals surface area contributed by atoms with Gasteiger partial charge in [0.2, 0.25) is 0 Å². The number of anilines is 3. The van der Waals surface area contributed by atoms with Crippen LogP contribution in [0, 0.1) is 0 Å². The highest BCUT2D eigenvalue weighted by atomic mass is 15.2. The molecule has 1 heterocycles. The summed E-state index contributed by atoms with van der Waals surface area (Å²) in [5.41, 5.74) is 21.1. The van der Waals surface area contributed by atoms with Gasteiger partial charge in [-0.1, -0.05) is 170 Å². The second-order valence-electron chi connectivity index (χ2n) is 14.7. The van der Waals surface area contributed by atoms with Gasteiger partial charge in [-0.2, -0.15) is 0 Å². The van der Waals surface area contributed by atoms with Crippen LogP contribution in [-0.2, 0) is 11.8 Å². The molecule has 2 aliphatic carbocycles. The zero-order valence-corrected chi connectivity index (χ0v) is 29.4. The molecule has 0 amide bonds. The van der Waals surface area contributed by atoms with Crippen LogP contribution in [0.25, 0.3) is 33.4 Å². The highest BCUT2D eigenvalue weighted by molar-refractivity contribution is 5.95. The number of hydrogen-bond donors (Lipinski definition) is 0. The molecule has 0 saturated carbocycles. The van der Waals surface area contributed by atoms with Crippen LogP contribution in [0.1, 0.15) is 51.3 Å². The predicted molar refractivity (Wildman–Crippen MR) is 219 cm³/mol. The van der Waals surface area contributed by atoms with Gasteiger partial charge in [0.1, 0.15) is 0 Å². The first kappa shape index (κ1) is 30.2. The lowest BCUT2D eigenvalue weighted by Gasteiger charge is -2.38. The lowest BCUT2D eigenvalue weighted by molar-refractivity contribution is 0.704. The molecule has 1 nitrogen and oxygen atoms in total. The van der Waals surface area contributed by atoms with Gasteiger partial charge in [-0.3, -0.25) is 0 Å². The average molecular weight is 676 g/mol. The maximum Gasteiger partial charge on any atom is 0.0725 e. The van der Waals surface area contributed by atoms with Crippen molar-refractivity contribution in [3.05, 3.63) is 233 Å². The van der Waals surface area contributed by atoms with E-state index in [1.54, 1.807) is 0 Å². The molecular formula is C52H37N. The van der Waals surface area contributed by atoms with E-state index in [0.29, 0.717) is 0 Å². The van der Waals surface area contributed by atoms with Crippen LogP contribution in [-0.4, -0.2) is 0 Å². The Bertz CT molecular complexity index is 2570. The van der Waals surface area contributed by atoms with E-state index in [0.717, 1.165) is 12.8 Å². The van der Waals surface area contributed by atoms with Crippen molar-refractivity contribution in [2.75, 3.05) is 4.90 Å². The zero-order chi connectivity index (χ0) is 34.9. The Morgan fingerprint density at radius 2 is 0.868 bits per heavy atom. The van der Waals surface area contributed by atoms with Crippen molar-refractivity contribution in [2.45, 2.75) is 24.2 Å². The molecule has 1 heteroatoms. The number of nitrogens with zero attached hydrogens (tertiary/aromatic N) is 1. The van der Waals surface area contributed by atoms with Gasteiger partial charge in [0.15, 0.2) is 0 Å². The van der Waals surface area contributed by atoms with E-state index >= 15 is 0 Å². The van der Waals surface area contributed by atoms with E-state index in [2.05, 4.69) is 199 Å². The van der Waals surface area contributed by atoms with Crippen LogP contribution in [0.5, 0.6) is 0 Å². The fourth-order valence-corrected chi connectivity index (χ4v) is 9.90. The van der Waals surface area contributed by atoms with Crippen molar-refractivity contribution in [3.63, 3.8) is 0 Å². The average Bonchev–Trinajstić information content (AvgIpc) is 3.70. The molecule has 250 valence electrons. The first-order valence-electron chi connectivity index (χ1n) is 18.9. The Morgan fingerprint density at radius 1 is 0.396 bits per heavy atom. The number of fused-ring (bicyclic) bond motifs is 12. The summed E-state index contributed by atoms with van der Waals surface area (Å²) in [6.07, 6.45) is 2.02. The molecule has 1 aliphatic heterocycles. The molecule has 0 unspecified atom stereocenters. The molecular weight excluding hydrogens is 639 g/mol. The highest BCUT2D eigenvalue weighted by Crippen LogP contribution is 2.63. The van der Waals surface area contributed by atoms with Gasteiger partial charge in [0, 0.05) is 23.0 Å². The van der Waals surface area contributed by atoms with Gasteiger partial charge in [-0.05, 0) is 109 Å². The number of rotatable bonds is 5. The largest absolute Gasteiger partial charge is 0.310 e. The molecule has 0 N–H and O–H groups in total. The van der Waals surface area contributed by atoms with Crippen LogP contribution in [0.15, 0.2) is 194 Å². The van der Waals surface area contributed by atoms with E-state index in [1.807, 2.05) is 0 Å². The molecule has 0 atom stereocenters. The summed E-state index contributed by atoms with van der Waals surface area (Å²) in [6, 6.07) is 72.4. The van der Waals surface area contributed by atoms with Crippen molar-refractivity contribution >= 4 is 17.1 Å². The number of aryl methyl sites for hydroxylation is 1. The molecule has 0 fully saturated rings. The summed E-state index contributed by atoms with van der Waals surface area (Å²) >= 11 is 0. The van der Waals surface area contributed by atoms with E-state index in [1.165, 1.54) is 89.4 Å². The fraction of sp³-hybridized carbons (Fsp3) is 0.0769. The third kappa shape index (κ3) is 4.38. The molecule has 11 rings (SSSR count). The lowest BCUT2D eigenvalue weighted by Crippen LogP contribution is -2.26. The minimum absolute atomic E-state index is 0.287. The van der Waals surface area contributed by atoms with Gasteiger partial charge < -0.3 is 4.90 Å². The fourth-order valence-electron chi connectivity index (χ4n) is 9.90. The smallest absolute Gasteiger partial charge is 0.0725 e. The highest BCUT2D eigenvalue weighted by Gasteiger charge is 2.51. The molecule has 0 radical (unpaired) electrons. The van der Waals surface area contributed by atoms with Crippen LogP contribution >= 0.6 is 0 Å². The topological polar surface area (TPSA) is 3.24 Å². The monoisotopic (exact) mass is 675 g/mol. The van der Waals surface area contributed by atoms with Crippen molar-refractivity contribution < 1.29 is 0 Å². The van der Waals surface area contributed by atoms with E-state index in [4.69, 9.17) is 0 Å². The van der Waals surface area contributed by atoms with Crippen molar-refractivity contribution in [2.24, 2.45) is 0 Å². The van der Waals surface area contributed by atoms with Gasteiger partial charge >= 0.3 is 0 Å². The van der Waals surface area contributed by atoms with Gasteiger partial charge in [-0.15, -0.1) is 0 Å². The van der Waals surface area contributed by atoms with Crippen LogP contribution < -0.4 is 4.90 Å². The minimum Gasteiger partial charge on any atom is -0.310 e. The molecule has 0 bridgehead atoms. The number of benzene rings is 8. The SMILES string of the molecule is c1ccc(-c2ccc(N3c4ccccc4C(CCc4ccc5c(c4)C4(c6ccccc6-c6ccccc64)c4ccccc4-5)c4ccccc43)cc2)cc1. The molecule has 0 aromatic heterocycles. The van der Waals surface area contributed by atoms with Crippen LogP contribution in [0.3, 0.4) is 0 Å². The standard InChI is InChI=1S/C52H37N/c1-2-14-36(15-3-1)37-28-30-38(31-29-37)53-50-24-12-7-19-44(50)39(45-20-8-13-25-51(45)53)32-26-35-27-33-43-42-18-6-11-23-48(42)52(49(43)34-35)46-21-9-4-16-40(46)41-17-5-10-22-47(41)52/h1-25,27-31,33-34,39H,26,32H2. The first-order valence-corrected chi connectivity index (χ1v) is 18.9. The summed E-state index contributed by atoms with van der Waals surface area (Å²) < 4.78 is 0. The maximum absolute atomic E-state index is 2.55. The summed E-state index contributed by atoms with van der Waals surface area (Å²) in [7, 11) is 0. The third-order valence-corrected chi connectivity index (χ3v) is 12.1. The Balaban J connectivity index is 0.984. The molecule has 8 aromatic rings. The van der Waals surface area contributed by atoms with E-state index < -0.39 is 0 Å². The van der Waals surface area contributed by atoms with Gasteiger partial charge in [-0.25, -0.2) is 0 Å². The zero-order valence-electron chi connectivity index (χ0n) is 29.4. The Labute approximate surface area is 311 Å². The molecule has 8 aromatic carbocycles. The van der Waals surface area contributed by atoms with Crippen molar-refractivity contribution in [1.82, 2.24) is 0 Å². The molecule has 0 saturated heterocycles. The number of para-hydroxylation sites is 2. The summed E-state index contributed by atoms with van der Waals surface area (Å²) in [4.78, 5) is 2.46.